The van der Waals surface area contributed by atoms with E-state index in [0.717, 1.165) is 0 Å². The molecule has 0 radical (unpaired) electrons. The number of nitrogens with one attached hydrogen (secondary N) is 2. The number of hydrogen-bond acceptors (Lipinski definition) is 5. The number of aromatic nitrogens is 2. The van der Waals surface area contributed by atoms with Gasteiger partial charge in [0.05, 0.1) is 18.9 Å². The Morgan fingerprint density at radius 3 is 2.84 bits per heavy atom. The van der Waals surface area contributed by atoms with Crippen LogP contribution in [0.15, 0.2) is 12.5 Å². The van der Waals surface area contributed by atoms with Crippen LogP contribution in [0.2, 0.25) is 0 Å². The zero-order valence-electron chi connectivity index (χ0n) is 10.6. The fourth-order valence-corrected chi connectivity index (χ4v) is 1.54. The molecule has 1 aromatic heterocycles. The minimum absolute atomic E-state index is 0.0275. The predicted octanol–water partition coefficient (Wildman–Crippen LogP) is -1.11. The molecule has 5 N–H and O–H groups in total. The highest BCUT2D eigenvalue weighted by molar-refractivity contribution is 5.83. The smallest absolute Gasteiger partial charge is 0.326 e. The first-order chi connectivity index (χ1) is 9.06. The molecule has 0 aromatic carbocycles. The van der Waals surface area contributed by atoms with Gasteiger partial charge in [-0.1, -0.05) is 0 Å². The van der Waals surface area contributed by atoms with E-state index in [-0.39, 0.29) is 19.4 Å². The van der Waals surface area contributed by atoms with Crippen LogP contribution in [0.3, 0.4) is 0 Å². The van der Waals surface area contributed by atoms with E-state index in [1.807, 2.05) is 0 Å². The molecule has 0 aliphatic carbocycles. The Hall–Kier alpha value is -1.93. The lowest BCUT2D eigenvalue weighted by Gasteiger charge is -2.16. The van der Waals surface area contributed by atoms with Gasteiger partial charge in [-0.15, -0.1) is 0 Å². The van der Waals surface area contributed by atoms with Gasteiger partial charge in [0.25, 0.3) is 0 Å². The number of hydrogen-bond donors (Lipinski definition) is 4. The molecule has 0 aliphatic heterocycles. The molecule has 106 valence electrons. The first-order valence-electron chi connectivity index (χ1n) is 5.79. The van der Waals surface area contributed by atoms with Crippen molar-refractivity contribution in [3.63, 3.8) is 0 Å². The molecule has 1 heterocycles. The number of carbonyl (C=O) groups is 2. The Balaban J connectivity index is 2.53. The van der Waals surface area contributed by atoms with E-state index in [1.165, 1.54) is 19.6 Å². The topological polar surface area (TPSA) is 130 Å². The largest absolute Gasteiger partial charge is 0.480 e. The lowest BCUT2D eigenvalue weighted by Crippen LogP contribution is -2.44. The van der Waals surface area contributed by atoms with Crippen molar-refractivity contribution in [3.05, 3.63) is 18.2 Å². The highest BCUT2D eigenvalue weighted by Gasteiger charge is 2.22. The Morgan fingerprint density at radius 1 is 1.63 bits per heavy atom. The van der Waals surface area contributed by atoms with Crippen LogP contribution in [0.1, 0.15) is 12.1 Å². The van der Waals surface area contributed by atoms with E-state index in [9.17, 15) is 9.59 Å². The second-order valence-electron chi connectivity index (χ2n) is 4.04. The van der Waals surface area contributed by atoms with Crippen molar-refractivity contribution >= 4 is 11.9 Å². The molecular formula is C11H18N4O4. The van der Waals surface area contributed by atoms with Crippen LogP contribution < -0.4 is 11.1 Å². The van der Waals surface area contributed by atoms with Gasteiger partial charge in [-0.2, -0.15) is 0 Å². The fourth-order valence-electron chi connectivity index (χ4n) is 1.54. The van der Waals surface area contributed by atoms with Crippen LogP contribution in [-0.2, 0) is 20.7 Å². The monoisotopic (exact) mass is 270 g/mol. The van der Waals surface area contributed by atoms with Crippen LogP contribution >= 0.6 is 0 Å². The number of carboxylic acids is 1. The summed E-state index contributed by atoms with van der Waals surface area (Å²) in [6.45, 7) is 0.197. The summed E-state index contributed by atoms with van der Waals surface area (Å²) in [6, 6.07) is -1.01. The molecule has 0 bridgehead atoms. The summed E-state index contributed by atoms with van der Waals surface area (Å²) >= 11 is 0. The molecule has 1 amide bonds. The molecule has 0 spiro atoms. The number of carbonyl (C=O) groups excluding carboxylic acids is 1. The predicted molar refractivity (Wildman–Crippen MR) is 66.3 cm³/mol. The zero-order valence-corrected chi connectivity index (χ0v) is 10.6. The molecule has 0 fully saturated rings. The van der Waals surface area contributed by atoms with Gasteiger partial charge in [-0.05, 0) is 0 Å². The van der Waals surface area contributed by atoms with E-state index in [1.54, 1.807) is 0 Å². The van der Waals surface area contributed by atoms with Gasteiger partial charge in [-0.3, -0.25) is 4.79 Å². The van der Waals surface area contributed by atoms with Gasteiger partial charge in [-0.25, -0.2) is 9.78 Å². The van der Waals surface area contributed by atoms with Gasteiger partial charge in [0.15, 0.2) is 0 Å². The first-order valence-corrected chi connectivity index (χ1v) is 5.79. The van der Waals surface area contributed by atoms with Crippen LogP contribution in [0, 0.1) is 0 Å². The number of ether oxygens (including phenoxy) is 1. The summed E-state index contributed by atoms with van der Waals surface area (Å²) in [5.74, 6) is -1.52. The van der Waals surface area contributed by atoms with Gasteiger partial charge in [0.1, 0.15) is 6.04 Å². The Labute approximate surface area is 110 Å². The van der Waals surface area contributed by atoms with Crippen molar-refractivity contribution in [1.29, 1.82) is 0 Å². The number of H-pyrrole nitrogens is 1. The number of imidazole rings is 1. The fraction of sp³-hybridized carbons (Fsp3) is 0.545. The van der Waals surface area contributed by atoms with Crippen molar-refractivity contribution in [2.75, 3.05) is 13.7 Å². The molecule has 1 aromatic rings. The number of rotatable bonds is 8. The summed E-state index contributed by atoms with van der Waals surface area (Å²) in [5, 5.41) is 11.5. The van der Waals surface area contributed by atoms with Gasteiger partial charge in [0.2, 0.25) is 5.91 Å². The normalized spacial score (nSPS) is 13.8. The molecule has 0 saturated carbocycles. The second-order valence-corrected chi connectivity index (χ2v) is 4.04. The lowest BCUT2D eigenvalue weighted by atomic mass is 10.1. The SMILES string of the molecule is COC(CN)CC(=O)N[C@@H](Cc1cnc[nH]1)C(=O)O. The molecule has 19 heavy (non-hydrogen) atoms. The van der Waals surface area contributed by atoms with Crippen molar-refractivity contribution in [3.8, 4) is 0 Å². The van der Waals surface area contributed by atoms with E-state index >= 15 is 0 Å². The van der Waals surface area contributed by atoms with E-state index in [4.69, 9.17) is 15.6 Å². The number of amides is 1. The molecular weight excluding hydrogens is 252 g/mol. The van der Waals surface area contributed by atoms with Crippen LogP contribution in [-0.4, -0.2) is 52.8 Å². The van der Waals surface area contributed by atoms with E-state index < -0.39 is 24.0 Å². The summed E-state index contributed by atoms with van der Waals surface area (Å²) in [4.78, 5) is 29.3. The zero-order chi connectivity index (χ0) is 14.3. The molecule has 1 rings (SSSR count). The quantitative estimate of drug-likeness (QED) is 0.473. The van der Waals surface area contributed by atoms with Gasteiger partial charge >= 0.3 is 5.97 Å². The Bertz CT molecular complexity index is 403. The maximum atomic E-state index is 11.7. The van der Waals surface area contributed by atoms with Crippen molar-refractivity contribution < 1.29 is 19.4 Å². The summed E-state index contributed by atoms with van der Waals surface area (Å²) in [6.07, 6.45) is 2.72. The Morgan fingerprint density at radius 2 is 2.37 bits per heavy atom. The van der Waals surface area contributed by atoms with E-state index in [0.29, 0.717) is 5.69 Å². The molecule has 0 aliphatic rings. The van der Waals surface area contributed by atoms with Crippen molar-refractivity contribution in [2.45, 2.75) is 25.0 Å². The minimum Gasteiger partial charge on any atom is -0.480 e. The highest BCUT2D eigenvalue weighted by Crippen LogP contribution is 2.01. The number of aliphatic carboxylic acids is 1. The number of nitrogens with two attached hydrogens (primary N) is 1. The number of carboxylic acid groups (broad SMARTS) is 1. The maximum absolute atomic E-state index is 11.7. The van der Waals surface area contributed by atoms with E-state index in [2.05, 4.69) is 15.3 Å². The second kappa shape index (κ2) is 7.49. The third-order valence-electron chi connectivity index (χ3n) is 2.62. The number of methoxy groups -OCH3 is 1. The summed E-state index contributed by atoms with van der Waals surface area (Å²) in [7, 11) is 1.45. The molecule has 8 nitrogen and oxygen atoms in total. The number of aromatic amines is 1. The summed E-state index contributed by atoms with van der Waals surface area (Å²) < 4.78 is 4.97. The third kappa shape index (κ3) is 5.06. The standard InChI is InChI=1S/C11H18N4O4/c1-19-8(4-12)3-10(16)15-9(11(17)18)2-7-5-13-6-14-7/h5-6,8-9H,2-4,12H2,1H3,(H,13,14)(H,15,16)(H,17,18)/t8?,9-/m0/s1. The lowest BCUT2D eigenvalue weighted by molar-refractivity contribution is -0.142. The average molecular weight is 270 g/mol. The van der Waals surface area contributed by atoms with Gasteiger partial charge < -0.3 is 25.9 Å². The third-order valence-corrected chi connectivity index (χ3v) is 2.62. The first kappa shape index (κ1) is 15.1. The van der Waals surface area contributed by atoms with Crippen molar-refractivity contribution in [2.24, 2.45) is 5.73 Å². The summed E-state index contributed by atoms with van der Waals surface area (Å²) in [5.41, 5.74) is 6.03. The average Bonchev–Trinajstić information content (AvgIpc) is 2.87. The van der Waals surface area contributed by atoms with Crippen LogP contribution in [0.5, 0.6) is 0 Å². The molecule has 1 unspecified atom stereocenters. The van der Waals surface area contributed by atoms with Crippen LogP contribution in [0.25, 0.3) is 0 Å². The molecule has 8 heteroatoms. The number of nitrogens with zero attached hydrogens (tertiary/aromatic N) is 1. The molecule has 2 atom stereocenters. The minimum atomic E-state index is -1.11. The van der Waals surface area contributed by atoms with Gasteiger partial charge in [0, 0.05) is 32.0 Å². The van der Waals surface area contributed by atoms with Crippen molar-refractivity contribution in [1.82, 2.24) is 15.3 Å². The molecule has 0 saturated heterocycles. The Kier molecular flexibility index (Phi) is 5.97. The highest BCUT2D eigenvalue weighted by atomic mass is 16.5. The maximum Gasteiger partial charge on any atom is 0.326 e. The van der Waals surface area contributed by atoms with Crippen LogP contribution in [0.4, 0.5) is 0 Å².